The van der Waals surface area contributed by atoms with Crippen molar-refractivity contribution in [2.45, 2.75) is 12.8 Å². The third kappa shape index (κ3) is 3.45. The molecule has 0 spiro atoms. The van der Waals surface area contributed by atoms with Gasteiger partial charge in [0.05, 0.1) is 6.61 Å². The Morgan fingerprint density at radius 1 is 0.889 bits per heavy atom. The average Bonchev–Trinajstić information content (AvgIpc) is 2.45. The van der Waals surface area contributed by atoms with Crippen molar-refractivity contribution in [1.82, 2.24) is 0 Å². The van der Waals surface area contributed by atoms with E-state index in [1.165, 1.54) is 23.2 Å². The summed E-state index contributed by atoms with van der Waals surface area (Å²) in [5.74, 6) is 0. The maximum absolute atomic E-state index is 9.87. The van der Waals surface area contributed by atoms with E-state index in [9.17, 15) is 4.79 Å². The van der Waals surface area contributed by atoms with Crippen molar-refractivity contribution in [3.63, 3.8) is 0 Å². The van der Waals surface area contributed by atoms with Gasteiger partial charge in [0, 0.05) is 0 Å². The summed E-state index contributed by atoms with van der Waals surface area (Å²) in [4.78, 5) is 9.87. The van der Waals surface area contributed by atoms with Gasteiger partial charge in [-0.3, -0.25) is 0 Å². The summed E-state index contributed by atoms with van der Waals surface area (Å²) >= 11 is 0. The number of hydrogen-bond acceptors (Lipinski definition) is 2. The van der Waals surface area contributed by atoms with E-state index in [4.69, 9.17) is 0 Å². The molecular formula is C16H15O2. The normalized spacial score (nSPS) is 10.0. The fourth-order valence-electron chi connectivity index (χ4n) is 1.88. The van der Waals surface area contributed by atoms with Crippen molar-refractivity contribution in [3.8, 4) is 11.1 Å². The van der Waals surface area contributed by atoms with Crippen LogP contribution in [-0.4, -0.2) is 13.1 Å². The minimum absolute atomic E-state index is 0.434. The summed E-state index contributed by atoms with van der Waals surface area (Å²) in [5, 5.41) is 0. The molecule has 2 aromatic rings. The zero-order valence-corrected chi connectivity index (χ0v) is 10.1. The Bertz CT molecular complexity index is 474. The highest BCUT2D eigenvalue weighted by atomic mass is 16.5. The first-order chi connectivity index (χ1) is 8.90. The van der Waals surface area contributed by atoms with E-state index < -0.39 is 0 Å². The van der Waals surface area contributed by atoms with E-state index in [1.54, 1.807) is 0 Å². The first-order valence-electron chi connectivity index (χ1n) is 6.03. The predicted octanol–water partition coefficient (Wildman–Crippen LogP) is 3.37. The quantitative estimate of drug-likeness (QED) is 0.722. The van der Waals surface area contributed by atoms with Crippen LogP contribution in [0.15, 0.2) is 54.6 Å². The molecule has 0 saturated heterocycles. The minimum atomic E-state index is 0.434. The van der Waals surface area contributed by atoms with Crippen LogP contribution < -0.4 is 0 Å². The molecule has 0 fully saturated rings. The summed E-state index contributed by atoms with van der Waals surface area (Å²) < 4.78 is 4.54. The molecule has 91 valence electrons. The molecule has 0 atom stereocenters. The molecule has 0 bridgehead atoms. The highest BCUT2D eigenvalue weighted by Crippen LogP contribution is 2.19. The molecular weight excluding hydrogens is 224 g/mol. The molecule has 0 amide bonds. The number of benzene rings is 2. The molecule has 0 unspecified atom stereocenters. The first kappa shape index (κ1) is 12.4. The van der Waals surface area contributed by atoms with Gasteiger partial charge >= 0.3 is 6.47 Å². The van der Waals surface area contributed by atoms with Crippen LogP contribution in [-0.2, 0) is 16.0 Å². The van der Waals surface area contributed by atoms with Crippen LogP contribution in [0.5, 0.6) is 0 Å². The van der Waals surface area contributed by atoms with E-state index in [1.807, 2.05) is 18.2 Å². The molecule has 2 nitrogen and oxygen atoms in total. The number of carbonyl (C=O) groups excluding carboxylic acids is 1. The second-order valence-electron chi connectivity index (χ2n) is 4.10. The third-order valence-corrected chi connectivity index (χ3v) is 2.83. The molecule has 0 saturated carbocycles. The van der Waals surface area contributed by atoms with Crippen LogP contribution in [0.4, 0.5) is 0 Å². The van der Waals surface area contributed by atoms with E-state index in [2.05, 4.69) is 41.1 Å². The van der Waals surface area contributed by atoms with Crippen molar-refractivity contribution in [1.29, 1.82) is 0 Å². The third-order valence-electron chi connectivity index (χ3n) is 2.83. The van der Waals surface area contributed by atoms with Gasteiger partial charge in [0.25, 0.3) is 0 Å². The van der Waals surface area contributed by atoms with E-state index >= 15 is 0 Å². The van der Waals surface area contributed by atoms with Crippen molar-refractivity contribution in [3.05, 3.63) is 60.2 Å². The van der Waals surface area contributed by atoms with Gasteiger partial charge in [-0.25, -0.2) is 4.79 Å². The largest absolute Gasteiger partial charge is 0.457 e. The zero-order chi connectivity index (χ0) is 12.6. The molecule has 2 rings (SSSR count). The van der Waals surface area contributed by atoms with Crippen molar-refractivity contribution in [2.24, 2.45) is 0 Å². The number of rotatable bonds is 6. The molecule has 0 aliphatic heterocycles. The van der Waals surface area contributed by atoms with E-state index in [0.717, 1.165) is 12.8 Å². The highest BCUT2D eigenvalue weighted by molar-refractivity contribution is 5.63. The Kier molecular flexibility index (Phi) is 4.53. The number of hydrogen-bond donors (Lipinski definition) is 0. The molecule has 0 heterocycles. The summed E-state index contributed by atoms with van der Waals surface area (Å²) in [6, 6.07) is 18.8. The number of aryl methyl sites for hydroxylation is 1. The molecule has 2 heteroatoms. The standard InChI is InChI=1S/C16H15O2/c17-13-18-12-4-5-14-8-10-16(11-9-14)15-6-2-1-3-7-15/h1-3,6-11H,4-5,12H2. The topological polar surface area (TPSA) is 26.3 Å². The lowest BCUT2D eigenvalue weighted by atomic mass is 10.0. The molecule has 2 aromatic carbocycles. The summed E-state index contributed by atoms with van der Waals surface area (Å²) in [5.41, 5.74) is 3.70. The Hall–Kier alpha value is -2.09. The summed E-state index contributed by atoms with van der Waals surface area (Å²) in [7, 11) is 0. The average molecular weight is 239 g/mol. The van der Waals surface area contributed by atoms with Gasteiger partial charge in [-0.2, -0.15) is 0 Å². The molecule has 1 radical (unpaired) electrons. The Morgan fingerprint density at radius 2 is 1.56 bits per heavy atom. The van der Waals surface area contributed by atoms with Crippen LogP contribution >= 0.6 is 0 Å². The molecule has 0 N–H and O–H groups in total. The van der Waals surface area contributed by atoms with Crippen molar-refractivity contribution < 1.29 is 9.53 Å². The summed E-state index contributed by atoms with van der Waals surface area (Å²) in [6.45, 7) is 1.87. The zero-order valence-electron chi connectivity index (χ0n) is 10.1. The van der Waals surface area contributed by atoms with Gasteiger partial charge in [0.15, 0.2) is 0 Å². The SMILES string of the molecule is O=[C]OCCCc1ccc(-c2ccccc2)cc1. The van der Waals surface area contributed by atoms with Crippen LogP contribution in [0.2, 0.25) is 0 Å². The van der Waals surface area contributed by atoms with Crippen LogP contribution in [0, 0.1) is 0 Å². The first-order valence-corrected chi connectivity index (χ1v) is 6.03. The Balaban J connectivity index is 1.95. The van der Waals surface area contributed by atoms with E-state index in [-0.39, 0.29) is 0 Å². The lowest BCUT2D eigenvalue weighted by Crippen LogP contribution is -1.94. The monoisotopic (exact) mass is 239 g/mol. The van der Waals surface area contributed by atoms with Crippen LogP contribution in [0.25, 0.3) is 11.1 Å². The predicted molar refractivity (Wildman–Crippen MR) is 71.8 cm³/mol. The van der Waals surface area contributed by atoms with Crippen LogP contribution in [0.1, 0.15) is 12.0 Å². The van der Waals surface area contributed by atoms with E-state index in [0.29, 0.717) is 6.61 Å². The smallest absolute Gasteiger partial charge is 0.417 e. The maximum Gasteiger partial charge on any atom is 0.417 e. The minimum Gasteiger partial charge on any atom is -0.457 e. The summed E-state index contributed by atoms with van der Waals surface area (Å²) in [6.07, 6.45) is 1.75. The lowest BCUT2D eigenvalue weighted by Gasteiger charge is -2.04. The Morgan fingerprint density at radius 3 is 2.22 bits per heavy atom. The van der Waals surface area contributed by atoms with Crippen LogP contribution in [0.3, 0.4) is 0 Å². The molecule has 18 heavy (non-hydrogen) atoms. The fraction of sp³-hybridized carbons (Fsp3) is 0.188. The molecule has 0 aromatic heterocycles. The van der Waals surface area contributed by atoms with Gasteiger partial charge < -0.3 is 4.74 Å². The van der Waals surface area contributed by atoms with Gasteiger partial charge in [0.2, 0.25) is 0 Å². The Labute approximate surface area is 107 Å². The van der Waals surface area contributed by atoms with Gasteiger partial charge in [-0.1, -0.05) is 54.6 Å². The van der Waals surface area contributed by atoms with Gasteiger partial charge in [0.1, 0.15) is 0 Å². The molecule has 0 aliphatic carbocycles. The second-order valence-corrected chi connectivity index (χ2v) is 4.10. The number of ether oxygens (including phenoxy) is 1. The lowest BCUT2D eigenvalue weighted by molar-refractivity contribution is 0.273. The fourth-order valence-corrected chi connectivity index (χ4v) is 1.88. The maximum atomic E-state index is 9.87. The second kappa shape index (κ2) is 6.60. The van der Waals surface area contributed by atoms with Gasteiger partial charge in [-0.05, 0) is 29.5 Å². The molecule has 0 aliphatic rings. The van der Waals surface area contributed by atoms with Gasteiger partial charge in [-0.15, -0.1) is 0 Å². The highest BCUT2D eigenvalue weighted by Gasteiger charge is 1.97. The van der Waals surface area contributed by atoms with Crippen molar-refractivity contribution >= 4 is 6.47 Å². The van der Waals surface area contributed by atoms with Crippen molar-refractivity contribution in [2.75, 3.05) is 6.61 Å².